The van der Waals surface area contributed by atoms with Crippen LogP contribution in [0.15, 0.2) is 0 Å². The Kier molecular flexibility index (Phi) is 38.6. The Morgan fingerprint density at radius 2 is 1.40 bits per heavy atom. The molecule has 10 heteroatoms. The summed E-state index contributed by atoms with van der Waals surface area (Å²) < 4.78 is 37.8. The second-order valence-corrected chi connectivity index (χ2v) is 1.29. The third-order valence-corrected chi connectivity index (χ3v) is 0. The minimum Gasteiger partial charge on any atom is -0.567 e. The van der Waals surface area contributed by atoms with Crippen molar-refractivity contribution in [2.45, 2.75) is 0 Å². The molecule has 3 N–H and O–H groups in total. The van der Waals surface area contributed by atoms with Gasteiger partial charge in [-0.15, -0.1) is 0 Å². The predicted molar refractivity (Wildman–Crippen MR) is 23.7 cm³/mol. The first-order valence-corrected chi connectivity index (χ1v) is 3.22. The zero-order valence-electron chi connectivity index (χ0n) is 4.79. The summed E-state index contributed by atoms with van der Waals surface area (Å²) in [5, 5.41) is 0. The Morgan fingerprint density at radius 3 is 1.40 bits per heavy atom. The van der Waals surface area contributed by atoms with Gasteiger partial charge in [-0.25, -0.2) is 0 Å². The number of rotatable bonds is 0. The minimum atomic E-state index is -4.12. The molecular formula is H3F3KO4P2+. The Hall–Kier alpha value is 1.84. The molecule has 1 atom stereocenters. The Balaban J connectivity index is -0.0000000300. The molecule has 0 fully saturated rings. The van der Waals surface area contributed by atoms with Gasteiger partial charge < -0.3 is 10.4 Å². The second-order valence-electron chi connectivity index (χ2n) is 0.429. The third-order valence-electron chi connectivity index (χ3n) is 0. The first kappa shape index (κ1) is 22.6. The molecule has 0 amide bonds. The van der Waals surface area contributed by atoms with Crippen molar-refractivity contribution in [1.82, 2.24) is 0 Å². The normalized spacial score (nSPS) is 8.00. The van der Waals surface area contributed by atoms with E-state index in [-0.39, 0.29) is 56.9 Å². The molecule has 1 unspecified atom stereocenters. The van der Waals surface area contributed by atoms with E-state index < -0.39 is 17.1 Å². The average Bonchev–Trinajstić information content (AvgIpc) is 1.25. The summed E-state index contributed by atoms with van der Waals surface area (Å²) in [6.07, 6.45) is 0. The van der Waals surface area contributed by atoms with E-state index in [4.69, 9.17) is 14.4 Å². The van der Waals surface area contributed by atoms with E-state index >= 15 is 0 Å². The largest absolute Gasteiger partial charge is 1.00 e. The molecule has 0 aromatic carbocycles. The van der Waals surface area contributed by atoms with Crippen molar-refractivity contribution in [1.29, 1.82) is 0 Å². The van der Waals surface area contributed by atoms with Gasteiger partial charge in [0.2, 0.25) is 0 Å². The molecule has 0 aromatic rings. The molecule has 0 rings (SSSR count). The van der Waals surface area contributed by atoms with Gasteiger partial charge in [0.05, 0.1) is 0 Å². The van der Waals surface area contributed by atoms with Crippen LogP contribution in [-0.2, 0) is 4.57 Å². The summed E-state index contributed by atoms with van der Waals surface area (Å²) in [5.74, 6) is 0. The van der Waals surface area contributed by atoms with Crippen LogP contribution in [0.2, 0.25) is 0 Å². The van der Waals surface area contributed by atoms with Crippen LogP contribution in [0.1, 0.15) is 0 Å². The van der Waals surface area contributed by atoms with E-state index in [2.05, 4.69) is 0 Å². The predicted octanol–water partition coefficient (Wildman–Crippen LogP) is -2.70. The Labute approximate surface area is 99.6 Å². The maximum Gasteiger partial charge on any atom is 1.00 e. The number of hydrogen-bond donors (Lipinski definition) is 1. The second kappa shape index (κ2) is 17.1. The summed E-state index contributed by atoms with van der Waals surface area (Å²) in [4.78, 5) is 15.6. The molecule has 0 heterocycles. The average molecular weight is 225 g/mol. The SMILES string of the molecule is FP(F)F.O.O=[P+]([O-])O.[K+]. The first-order chi connectivity index (χ1) is 3.46. The Morgan fingerprint density at radius 1 is 1.40 bits per heavy atom. The van der Waals surface area contributed by atoms with E-state index in [0.717, 1.165) is 0 Å². The van der Waals surface area contributed by atoms with Crippen molar-refractivity contribution < 1.29 is 83.8 Å². The minimum absolute atomic E-state index is 0. The van der Waals surface area contributed by atoms with Crippen LogP contribution < -0.4 is 56.3 Å². The van der Waals surface area contributed by atoms with Crippen molar-refractivity contribution in [3.8, 4) is 0 Å². The molecule has 0 saturated carbocycles. The van der Waals surface area contributed by atoms with Crippen LogP contribution in [0.4, 0.5) is 12.6 Å². The summed E-state index contributed by atoms with van der Waals surface area (Å²) in [6.45, 7) is 0. The molecule has 0 saturated heterocycles. The molecule has 0 aliphatic heterocycles. The van der Waals surface area contributed by atoms with Crippen LogP contribution >= 0.6 is 17.1 Å². The van der Waals surface area contributed by atoms with E-state index in [1.165, 1.54) is 0 Å². The molecule has 0 radical (unpaired) electrons. The fourth-order valence-electron chi connectivity index (χ4n) is 0. The van der Waals surface area contributed by atoms with E-state index in [9.17, 15) is 12.6 Å². The molecule has 4 nitrogen and oxygen atoms in total. The van der Waals surface area contributed by atoms with Gasteiger partial charge in [-0.05, 0) is 4.57 Å². The fraction of sp³-hybridized carbons (Fsp3) is 0. The molecule has 0 spiro atoms. The van der Waals surface area contributed by atoms with Crippen LogP contribution in [0.3, 0.4) is 0 Å². The summed E-state index contributed by atoms with van der Waals surface area (Å²) in [7, 11) is -7.24. The van der Waals surface area contributed by atoms with Crippen molar-refractivity contribution in [2.75, 3.05) is 0 Å². The van der Waals surface area contributed by atoms with Gasteiger partial charge >= 0.3 is 68.5 Å². The van der Waals surface area contributed by atoms with Gasteiger partial charge in [-0.1, -0.05) is 0 Å². The van der Waals surface area contributed by atoms with Crippen molar-refractivity contribution in [2.24, 2.45) is 0 Å². The zero-order valence-corrected chi connectivity index (χ0v) is 9.70. The standard InChI is InChI=1S/F3P.K.HO3P.H2O/c1-4(2)3;;1-4(2)3;/h;;(H,1,2,3);1H2/q;+1;;. The zero-order chi connectivity index (χ0) is 7.15. The van der Waals surface area contributed by atoms with E-state index in [1.54, 1.807) is 0 Å². The summed E-state index contributed by atoms with van der Waals surface area (Å²) >= 11 is 0. The molecular weight excluding hydrogens is 222 g/mol. The fourth-order valence-corrected chi connectivity index (χ4v) is 0. The maximum absolute atomic E-state index is 9.73. The maximum atomic E-state index is 9.73. The van der Waals surface area contributed by atoms with Gasteiger partial charge in [-0.2, -0.15) is 17.5 Å². The smallest absolute Gasteiger partial charge is 0.567 e. The molecule has 0 bridgehead atoms. The monoisotopic (exact) mass is 225 g/mol. The van der Waals surface area contributed by atoms with Crippen LogP contribution in [-0.4, -0.2) is 10.4 Å². The number of halogens is 3. The third kappa shape index (κ3) is 228. The van der Waals surface area contributed by atoms with Gasteiger partial charge in [0.15, 0.2) is 0 Å². The van der Waals surface area contributed by atoms with Gasteiger partial charge in [0, 0.05) is 0 Å². The molecule has 0 aliphatic carbocycles. The summed E-state index contributed by atoms with van der Waals surface area (Å²) in [6, 6.07) is 0. The quantitative estimate of drug-likeness (QED) is 0.359. The molecule has 10 heavy (non-hydrogen) atoms. The van der Waals surface area contributed by atoms with Crippen molar-refractivity contribution >= 4 is 17.1 Å². The van der Waals surface area contributed by atoms with Crippen LogP contribution in [0, 0.1) is 0 Å². The van der Waals surface area contributed by atoms with Crippen molar-refractivity contribution in [3.63, 3.8) is 0 Å². The number of hydrogen-bond acceptors (Lipinski definition) is 2. The first-order valence-electron chi connectivity index (χ1n) is 1.07. The molecule has 0 aliphatic rings. The summed E-state index contributed by atoms with van der Waals surface area (Å²) in [5.41, 5.74) is 0. The van der Waals surface area contributed by atoms with Crippen LogP contribution in [0.5, 0.6) is 0 Å². The van der Waals surface area contributed by atoms with Crippen LogP contribution in [0.25, 0.3) is 0 Å². The molecule has 58 valence electrons. The van der Waals surface area contributed by atoms with E-state index in [1.807, 2.05) is 0 Å². The van der Waals surface area contributed by atoms with Gasteiger partial charge in [0.1, 0.15) is 0 Å². The molecule has 0 aromatic heterocycles. The van der Waals surface area contributed by atoms with E-state index in [0.29, 0.717) is 0 Å². The van der Waals surface area contributed by atoms with Crippen molar-refractivity contribution in [3.05, 3.63) is 0 Å². The van der Waals surface area contributed by atoms with Gasteiger partial charge in [0.25, 0.3) is 0 Å². The van der Waals surface area contributed by atoms with Gasteiger partial charge in [-0.3, -0.25) is 0 Å². The topological polar surface area (TPSA) is 91.9 Å². The Bertz CT molecular complexity index is 62.8.